The highest BCUT2D eigenvalue weighted by Crippen LogP contribution is 2.57. The van der Waals surface area contributed by atoms with Crippen LogP contribution in [0.4, 0.5) is 0 Å². The van der Waals surface area contributed by atoms with Gasteiger partial charge in [0.25, 0.3) is 0 Å². The monoisotopic (exact) mass is 420 g/mol. The minimum atomic E-state index is -2.91. The highest BCUT2D eigenvalue weighted by atomic mass is 32.2. The highest BCUT2D eigenvalue weighted by Gasteiger charge is 2.36. The SMILES string of the molecule is CCCCSCC=CC(c1ccccc1)P(=O)(c1ccccc1)c1ccccc1. The molecule has 0 aliphatic carbocycles. The lowest BCUT2D eigenvalue weighted by Crippen LogP contribution is -2.20. The van der Waals surface area contributed by atoms with Crippen LogP contribution in [0.3, 0.4) is 0 Å². The number of hydrogen-bond acceptors (Lipinski definition) is 2. The Labute approximate surface area is 179 Å². The summed E-state index contributed by atoms with van der Waals surface area (Å²) >= 11 is 1.94. The molecule has 0 aliphatic rings. The van der Waals surface area contributed by atoms with Gasteiger partial charge in [0, 0.05) is 16.4 Å². The van der Waals surface area contributed by atoms with E-state index in [0.717, 1.165) is 21.9 Å². The first-order chi connectivity index (χ1) is 14.3. The number of hydrogen-bond donors (Lipinski definition) is 0. The Morgan fingerprint density at radius 3 is 1.86 bits per heavy atom. The van der Waals surface area contributed by atoms with E-state index in [1.165, 1.54) is 18.6 Å². The Kier molecular flexibility index (Phi) is 8.40. The van der Waals surface area contributed by atoms with Gasteiger partial charge in [-0.15, -0.1) is 0 Å². The standard InChI is InChI=1S/C26H29OPS/c1-2-3-21-29-22-13-20-26(23-14-7-4-8-15-23)28(27,24-16-9-5-10-17-24)25-18-11-6-12-19-25/h4-20,26H,2-3,21-22H2,1H3. The molecule has 3 rings (SSSR count). The first kappa shape index (κ1) is 21.7. The summed E-state index contributed by atoms with van der Waals surface area (Å²) in [6, 6.07) is 30.2. The van der Waals surface area contributed by atoms with Crippen molar-refractivity contribution in [3.63, 3.8) is 0 Å². The fourth-order valence-electron chi connectivity index (χ4n) is 3.44. The Hall–Kier alpha value is -2.02. The second kappa shape index (κ2) is 11.2. The Balaban J connectivity index is 2.04. The number of rotatable bonds is 10. The summed E-state index contributed by atoms with van der Waals surface area (Å²) in [4.78, 5) is 0. The van der Waals surface area contributed by atoms with Crippen molar-refractivity contribution in [1.29, 1.82) is 0 Å². The highest BCUT2D eigenvalue weighted by molar-refractivity contribution is 7.99. The number of thioether (sulfide) groups is 1. The van der Waals surface area contributed by atoms with E-state index < -0.39 is 7.14 Å². The Bertz CT molecular complexity index is 879. The third-order valence-corrected chi connectivity index (χ3v) is 9.38. The zero-order valence-electron chi connectivity index (χ0n) is 17.0. The van der Waals surface area contributed by atoms with Gasteiger partial charge in [-0.05, 0) is 17.7 Å². The molecule has 0 saturated carbocycles. The molecule has 0 amide bonds. The predicted octanol–water partition coefficient (Wildman–Crippen LogP) is 6.83. The van der Waals surface area contributed by atoms with Crippen LogP contribution in [0, 0.1) is 0 Å². The molecule has 0 aromatic heterocycles. The van der Waals surface area contributed by atoms with Crippen molar-refractivity contribution in [2.24, 2.45) is 0 Å². The Morgan fingerprint density at radius 2 is 1.34 bits per heavy atom. The average Bonchev–Trinajstić information content (AvgIpc) is 2.80. The van der Waals surface area contributed by atoms with Crippen molar-refractivity contribution in [2.75, 3.05) is 11.5 Å². The smallest absolute Gasteiger partial charge is 0.153 e. The molecule has 0 bridgehead atoms. The molecule has 3 heteroatoms. The molecular formula is C26H29OPS. The van der Waals surface area contributed by atoms with Gasteiger partial charge in [0.2, 0.25) is 0 Å². The van der Waals surface area contributed by atoms with E-state index in [1.54, 1.807) is 0 Å². The molecule has 1 atom stereocenters. The van der Waals surface area contributed by atoms with Gasteiger partial charge in [-0.3, -0.25) is 0 Å². The first-order valence-electron chi connectivity index (χ1n) is 10.3. The molecule has 0 saturated heterocycles. The van der Waals surface area contributed by atoms with Crippen LogP contribution in [0.2, 0.25) is 0 Å². The van der Waals surface area contributed by atoms with Crippen molar-refractivity contribution in [3.8, 4) is 0 Å². The van der Waals surface area contributed by atoms with E-state index in [0.29, 0.717) is 0 Å². The maximum absolute atomic E-state index is 14.8. The van der Waals surface area contributed by atoms with Crippen LogP contribution < -0.4 is 10.6 Å². The van der Waals surface area contributed by atoms with E-state index in [-0.39, 0.29) is 5.66 Å². The average molecular weight is 421 g/mol. The predicted molar refractivity (Wildman–Crippen MR) is 130 cm³/mol. The lowest BCUT2D eigenvalue weighted by Gasteiger charge is -2.27. The van der Waals surface area contributed by atoms with Crippen LogP contribution in [0.25, 0.3) is 0 Å². The van der Waals surface area contributed by atoms with Crippen LogP contribution in [0.1, 0.15) is 31.0 Å². The molecule has 1 unspecified atom stereocenters. The summed E-state index contributed by atoms with van der Waals surface area (Å²) in [5.74, 6) is 2.12. The van der Waals surface area contributed by atoms with Crippen molar-refractivity contribution < 1.29 is 4.57 Å². The van der Waals surface area contributed by atoms with Gasteiger partial charge < -0.3 is 4.57 Å². The summed E-state index contributed by atoms with van der Waals surface area (Å²) in [5.41, 5.74) is 0.915. The van der Waals surface area contributed by atoms with Gasteiger partial charge in [0.1, 0.15) is 0 Å². The van der Waals surface area contributed by atoms with Gasteiger partial charge in [0.05, 0.1) is 5.66 Å². The molecule has 0 heterocycles. The quantitative estimate of drug-likeness (QED) is 0.203. The van der Waals surface area contributed by atoms with Crippen LogP contribution in [-0.4, -0.2) is 11.5 Å². The summed E-state index contributed by atoms with van der Waals surface area (Å²) in [6.45, 7) is 2.22. The first-order valence-corrected chi connectivity index (χ1v) is 13.2. The van der Waals surface area contributed by atoms with Crippen LogP contribution in [0.5, 0.6) is 0 Å². The second-order valence-corrected chi connectivity index (χ2v) is 11.1. The molecule has 150 valence electrons. The molecule has 3 aromatic carbocycles. The molecule has 0 aliphatic heterocycles. The van der Waals surface area contributed by atoms with Crippen molar-refractivity contribution in [1.82, 2.24) is 0 Å². The normalized spacial score (nSPS) is 12.9. The maximum atomic E-state index is 14.8. The molecule has 0 spiro atoms. The zero-order valence-corrected chi connectivity index (χ0v) is 18.7. The topological polar surface area (TPSA) is 17.1 Å². The molecule has 3 aromatic rings. The Morgan fingerprint density at radius 1 is 0.828 bits per heavy atom. The van der Waals surface area contributed by atoms with Gasteiger partial charge in [-0.2, -0.15) is 11.8 Å². The van der Waals surface area contributed by atoms with E-state index in [1.807, 2.05) is 90.6 Å². The van der Waals surface area contributed by atoms with Gasteiger partial charge in [-0.1, -0.05) is 116 Å². The van der Waals surface area contributed by atoms with Crippen molar-refractivity contribution in [3.05, 3.63) is 109 Å². The van der Waals surface area contributed by atoms with Crippen LogP contribution >= 0.6 is 18.9 Å². The summed E-state index contributed by atoms with van der Waals surface area (Å²) in [5, 5.41) is 1.81. The van der Waals surface area contributed by atoms with Gasteiger partial charge in [-0.25, -0.2) is 0 Å². The summed E-state index contributed by atoms with van der Waals surface area (Å²) in [7, 11) is -2.91. The fraction of sp³-hybridized carbons (Fsp3) is 0.231. The fourth-order valence-corrected chi connectivity index (χ4v) is 7.48. The molecule has 1 nitrogen and oxygen atoms in total. The van der Waals surface area contributed by atoms with Crippen LogP contribution in [0.15, 0.2) is 103 Å². The van der Waals surface area contributed by atoms with Crippen molar-refractivity contribution in [2.45, 2.75) is 25.4 Å². The zero-order chi connectivity index (χ0) is 20.4. The molecule has 0 fully saturated rings. The van der Waals surface area contributed by atoms with E-state index in [2.05, 4.69) is 31.2 Å². The number of benzene rings is 3. The number of allylic oxidation sites excluding steroid dienone is 1. The lowest BCUT2D eigenvalue weighted by atomic mass is 10.1. The van der Waals surface area contributed by atoms with Crippen molar-refractivity contribution >= 4 is 29.5 Å². The summed E-state index contributed by atoms with van der Waals surface area (Å²) < 4.78 is 14.8. The maximum Gasteiger partial charge on any atom is 0.153 e. The summed E-state index contributed by atoms with van der Waals surface area (Å²) in [6.07, 6.45) is 6.85. The van der Waals surface area contributed by atoms with Crippen LogP contribution in [-0.2, 0) is 4.57 Å². The lowest BCUT2D eigenvalue weighted by molar-refractivity contribution is 0.583. The van der Waals surface area contributed by atoms with E-state index in [9.17, 15) is 4.57 Å². The second-order valence-electron chi connectivity index (χ2n) is 7.04. The minimum absolute atomic E-state index is 0.180. The third-order valence-electron chi connectivity index (χ3n) is 4.99. The minimum Gasteiger partial charge on any atom is -0.313 e. The molecule has 0 N–H and O–H groups in total. The molecule has 29 heavy (non-hydrogen) atoms. The third kappa shape index (κ3) is 5.53. The van der Waals surface area contributed by atoms with Gasteiger partial charge in [0.15, 0.2) is 7.14 Å². The van der Waals surface area contributed by atoms with E-state index >= 15 is 0 Å². The molecule has 0 radical (unpaired) electrons. The van der Waals surface area contributed by atoms with Gasteiger partial charge >= 0.3 is 0 Å². The number of unbranched alkanes of at least 4 members (excludes halogenated alkanes) is 1. The largest absolute Gasteiger partial charge is 0.313 e. The van der Waals surface area contributed by atoms with E-state index in [4.69, 9.17) is 0 Å². The molecular weight excluding hydrogens is 391 g/mol.